The van der Waals surface area contributed by atoms with E-state index in [2.05, 4.69) is 73.4 Å². The second kappa shape index (κ2) is 6.27. The normalized spacial score (nSPS) is 13.9. The van der Waals surface area contributed by atoms with Gasteiger partial charge < -0.3 is 14.2 Å². The maximum atomic E-state index is 3.72. The van der Waals surface area contributed by atoms with E-state index in [1.807, 2.05) is 0 Å². The molecule has 0 unspecified atom stereocenters. The first kappa shape index (κ1) is 16.3. The molecule has 0 aliphatic rings. The number of nitrogens with zero attached hydrogens (tertiary/aromatic N) is 2. The van der Waals surface area contributed by atoms with Crippen LogP contribution in [0.15, 0.2) is 0 Å². The molecule has 0 heterocycles. The highest BCUT2D eigenvalue weighted by Crippen LogP contribution is 2.14. The van der Waals surface area contributed by atoms with Gasteiger partial charge in [0.15, 0.2) is 0 Å². The van der Waals surface area contributed by atoms with Crippen LogP contribution in [0.25, 0.3) is 0 Å². The van der Waals surface area contributed by atoms with Crippen molar-refractivity contribution < 1.29 is 0 Å². The predicted octanol–water partition coefficient (Wildman–Crippen LogP) is 0.969. The Labute approximate surface area is 104 Å². The number of rotatable bonds is 7. The Hall–Kier alpha value is 0.274. The van der Waals surface area contributed by atoms with Crippen LogP contribution in [-0.2, 0) is 0 Å². The molecule has 0 aromatic heterocycles. The zero-order valence-corrected chi connectivity index (χ0v) is 14.3. The van der Waals surface area contributed by atoms with Crippen molar-refractivity contribution >= 4 is 17.0 Å². The van der Waals surface area contributed by atoms with Crippen molar-refractivity contribution in [1.82, 2.24) is 18.8 Å². The van der Waals surface area contributed by atoms with Gasteiger partial charge in [0, 0.05) is 0 Å². The van der Waals surface area contributed by atoms with E-state index in [0.29, 0.717) is 0 Å². The summed E-state index contributed by atoms with van der Waals surface area (Å²) in [4.78, 5) is 7.43. The van der Waals surface area contributed by atoms with Crippen LogP contribution in [0.5, 0.6) is 0 Å². The van der Waals surface area contributed by atoms with Gasteiger partial charge >= 0.3 is 8.72 Å². The van der Waals surface area contributed by atoms with Crippen LogP contribution in [0.2, 0.25) is 19.6 Å². The third-order valence-corrected chi connectivity index (χ3v) is 11.9. The summed E-state index contributed by atoms with van der Waals surface area (Å²) < 4.78 is 4.96. The summed E-state index contributed by atoms with van der Waals surface area (Å²) in [5.41, 5.74) is 0. The van der Waals surface area contributed by atoms with E-state index in [1.54, 1.807) is 0 Å². The lowest BCUT2D eigenvalue weighted by atomic mass is 10.8. The highest BCUT2D eigenvalue weighted by molar-refractivity contribution is 6.87. The molecule has 0 radical (unpaired) electrons. The van der Waals surface area contributed by atoms with Crippen LogP contribution < -0.4 is 9.96 Å². The Morgan fingerprint density at radius 1 is 0.875 bits per heavy atom. The van der Waals surface area contributed by atoms with E-state index in [1.165, 1.54) is 0 Å². The first-order valence-corrected chi connectivity index (χ1v) is 11.5. The van der Waals surface area contributed by atoms with Gasteiger partial charge in [-0.05, 0) is 34.2 Å². The van der Waals surface area contributed by atoms with Gasteiger partial charge in [-0.15, -0.1) is 0 Å². The van der Waals surface area contributed by atoms with Crippen molar-refractivity contribution in [2.75, 3.05) is 34.2 Å². The van der Waals surface area contributed by atoms with Crippen molar-refractivity contribution in [1.29, 1.82) is 0 Å². The maximum absolute atomic E-state index is 3.72. The van der Waals surface area contributed by atoms with E-state index < -0.39 is 17.0 Å². The molecule has 0 saturated carbocycles. The summed E-state index contributed by atoms with van der Waals surface area (Å²) in [7, 11) is 3.43. The first-order valence-electron chi connectivity index (χ1n) is 6.13. The minimum Gasteiger partial charge on any atom is -0.312 e. The predicted molar refractivity (Wildman–Crippen MR) is 77.9 cm³/mol. The van der Waals surface area contributed by atoms with E-state index in [0.717, 1.165) is 13.1 Å². The van der Waals surface area contributed by atoms with Crippen LogP contribution in [-0.4, -0.2) is 60.0 Å². The van der Waals surface area contributed by atoms with Gasteiger partial charge in [-0.1, -0.05) is 33.5 Å². The smallest absolute Gasteiger partial charge is 0.312 e. The molecule has 0 aromatic rings. The lowest BCUT2D eigenvalue weighted by Gasteiger charge is -2.49. The molecule has 98 valence electrons. The fourth-order valence-electron chi connectivity index (χ4n) is 1.89. The molecule has 0 atom stereocenters. The number of hydrogen-bond acceptors (Lipinski definition) is 4. The minimum absolute atomic E-state index is 1.01. The van der Waals surface area contributed by atoms with Gasteiger partial charge in [0.1, 0.15) is 8.24 Å². The van der Waals surface area contributed by atoms with Crippen molar-refractivity contribution in [3.63, 3.8) is 0 Å². The van der Waals surface area contributed by atoms with Crippen molar-refractivity contribution in [3.05, 3.63) is 0 Å². The molecule has 0 aliphatic carbocycles. The highest BCUT2D eigenvalue weighted by atomic mass is 28.4. The average Bonchev–Trinajstić information content (AvgIpc) is 2.14. The second-order valence-electron chi connectivity index (χ2n) is 5.36. The summed E-state index contributed by atoms with van der Waals surface area (Å²) in [5.74, 6) is 0. The van der Waals surface area contributed by atoms with Gasteiger partial charge in [0.05, 0.1) is 0 Å². The second-order valence-corrected chi connectivity index (χ2v) is 14.4. The molecular weight excluding hydrogens is 232 g/mol. The Morgan fingerprint density at radius 2 is 1.25 bits per heavy atom. The highest BCUT2D eigenvalue weighted by Gasteiger charge is 2.45. The summed E-state index contributed by atoms with van der Waals surface area (Å²) in [6.45, 7) is 13.6. The Morgan fingerprint density at radius 3 is 1.44 bits per heavy atom. The van der Waals surface area contributed by atoms with E-state index >= 15 is 0 Å². The molecule has 4 nitrogen and oxygen atoms in total. The van der Waals surface area contributed by atoms with Gasteiger partial charge in [-0.25, -0.2) is 0 Å². The SMILES string of the molecule is CCN[Si](NCC)(N(C)C)N(C)[Si](C)(C)C. The molecule has 0 spiro atoms. The van der Waals surface area contributed by atoms with Crippen LogP contribution >= 0.6 is 0 Å². The minimum atomic E-state index is -1.88. The summed E-state index contributed by atoms with van der Waals surface area (Å²) >= 11 is 0. The van der Waals surface area contributed by atoms with Gasteiger partial charge in [0.25, 0.3) is 0 Å². The number of hydrogen-bond donors (Lipinski definition) is 2. The molecular formula is C10H30N4Si2. The van der Waals surface area contributed by atoms with E-state index in [4.69, 9.17) is 0 Å². The molecule has 0 saturated heterocycles. The standard InChI is InChI=1S/C10H30N4Si2/c1-9-11-16(12-10-2,13(3)4)14(5)15(6,7)8/h11-12H,9-10H2,1-8H3. The topological polar surface area (TPSA) is 30.5 Å². The molecule has 0 bridgehead atoms. The molecule has 16 heavy (non-hydrogen) atoms. The zero-order valence-electron chi connectivity index (χ0n) is 12.3. The largest absolute Gasteiger partial charge is 0.364 e. The van der Waals surface area contributed by atoms with Crippen LogP contribution in [0.1, 0.15) is 13.8 Å². The van der Waals surface area contributed by atoms with E-state index in [-0.39, 0.29) is 0 Å². The van der Waals surface area contributed by atoms with Crippen molar-refractivity contribution in [2.24, 2.45) is 0 Å². The zero-order chi connectivity index (χ0) is 13.0. The summed E-state index contributed by atoms with van der Waals surface area (Å²) in [6, 6.07) is 0. The summed E-state index contributed by atoms with van der Waals surface area (Å²) in [5, 5.41) is 0. The Kier molecular flexibility index (Phi) is 6.38. The third-order valence-electron chi connectivity index (χ3n) is 2.99. The molecule has 0 rings (SSSR count). The molecule has 0 aromatic carbocycles. The Balaban J connectivity index is 5.15. The monoisotopic (exact) mass is 262 g/mol. The number of nitrogens with one attached hydrogen (secondary N) is 2. The van der Waals surface area contributed by atoms with Crippen LogP contribution in [0.4, 0.5) is 0 Å². The van der Waals surface area contributed by atoms with Gasteiger partial charge in [-0.3, -0.25) is 4.57 Å². The quantitative estimate of drug-likeness (QED) is 0.670. The third kappa shape index (κ3) is 3.64. The molecule has 0 aliphatic heterocycles. The van der Waals surface area contributed by atoms with Crippen molar-refractivity contribution in [3.8, 4) is 0 Å². The fraction of sp³-hybridized carbons (Fsp3) is 1.00. The summed E-state index contributed by atoms with van der Waals surface area (Å²) in [6.07, 6.45) is 0. The average molecular weight is 263 g/mol. The molecule has 6 heteroatoms. The van der Waals surface area contributed by atoms with E-state index in [9.17, 15) is 0 Å². The van der Waals surface area contributed by atoms with Crippen LogP contribution in [0.3, 0.4) is 0 Å². The first-order chi connectivity index (χ1) is 7.22. The molecule has 0 fully saturated rings. The van der Waals surface area contributed by atoms with Crippen molar-refractivity contribution in [2.45, 2.75) is 33.5 Å². The van der Waals surface area contributed by atoms with Gasteiger partial charge in [0.2, 0.25) is 0 Å². The lowest BCUT2D eigenvalue weighted by Crippen LogP contribution is -2.83. The molecule has 2 N–H and O–H groups in total. The maximum Gasteiger partial charge on any atom is 0.364 e. The van der Waals surface area contributed by atoms with Gasteiger partial charge in [-0.2, -0.15) is 0 Å². The molecule has 0 amide bonds. The fourth-order valence-corrected chi connectivity index (χ4v) is 9.67. The Bertz CT molecular complexity index is 197. The van der Waals surface area contributed by atoms with Crippen LogP contribution in [0, 0.1) is 0 Å². The lowest BCUT2D eigenvalue weighted by molar-refractivity contribution is 0.474.